The van der Waals surface area contributed by atoms with E-state index in [0.717, 1.165) is 22.5 Å². The lowest BCUT2D eigenvalue weighted by Crippen LogP contribution is -2.53. The highest BCUT2D eigenvalue weighted by atomic mass is 35.5. The number of nitrogens with zero attached hydrogens (tertiary/aromatic N) is 2. The average molecular weight is 557 g/mol. The maximum atomic E-state index is 13.8. The Labute approximate surface area is 224 Å². The van der Waals surface area contributed by atoms with Crippen molar-refractivity contribution in [2.75, 3.05) is 17.1 Å². The van der Waals surface area contributed by atoms with E-state index in [9.17, 15) is 18.0 Å². The molecule has 2 rings (SSSR count). The molecule has 0 saturated heterocycles. The predicted octanol–water partition coefficient (Wildman–Crippen LogP) is 5.04. The monoisotopic (exact) mass is 555 g/mol. The molecular formula is C26H35Cl2N3O4S. The van der Waals surface area contributed by atoms with Crippen molar-refractivity contribution >= 4 is 50.7 Å². The minimum Gasteiger partial charge on any atom is -0.352 e. The number of sulfonamides is 1. The van der Waals surface area contributed by atoms with E-state index in [2.05, 4.69) is 5.32 Å². The number of aryl methyl sites for hydroxylation is 1. The fourth-order valence-electron chi connectivity index (χ4n) is 3.84. The molecule has 0 bridgehead atoms. The summed E-state index contributed by atoms with van der Waals surface area (Å²) in [5.74, 6) is -0.811. The van der Waals surface area contributed by atoms with Gasteiger partial charge in [0.15, 0.2) is 0 Å². The molecular weight excluding hydrogens is 521 g/mol. The van der Waals surface area contributed by atoms with Crippen LogP contribution in [0.4, 0.5) is 5.69 Å². The molecule has 10 heteroatoms. The number of hydrogen-bond donors (Lipinski definition) is 1. The molecule has 2 unspecified atom stereocenters. The van der Waals surface area contributed by atoms with Crippen LogP contribution in [-0.4, -0.2) is 50.0 Å². The molecule has 36 heavy (non-hydrogen) atoms. The molecule has 0 heterocycles. The first-order chi connectivity index (χ1) is 16.9. The molecule has 1 N–H and O–H groups in total. The minimum absolute atomic E-state index is 0.0221. The van der Waals surface area contributed by atoms with Crippen LogP contribution in [0.15, 0.2) is 42.5 Å². The third-order valence-corrected chi connectivity index (χ3v) is 7.78. The summed E-state index contributed by atoms with van der Waals surface area (Å²) in [5.41, 5.74) is 1.84. The Morgan fingerprint density at radius 2 is 1.67 bits per heavy atom. The van der Waals surface area contributed by atoms with Gasteiger partial charge in [0.05, 0.1) is 11.9 Å². The third kappa shape index (κ3) is 7.85. The molecule has 0 aromatic heterocycles. The van der Waals surface area contributed by atoms with E-state index in [1.54, 1.807) is 30.3 Å². The quantitative estimate of drug-likeness (QED) is 0.397. The second-order valence-corrected chi connectivity index (χ2v) is 11.5. The summed E-state index contributed by atoms with van der Waals surface area (Å²) < 4.78 is 26.7. The number of carbonyl (C=O) groups is 2. The van der Waals surface area contributed by atoms with Gasteiger partial charge in [-0.15, -0.1) is 0 Å². The smallest absolute Gasteiger partial charge is 0.244 e. The van der Waals surface area contributed by atoms with Gasteiger partial charge in [-0.05, 0) is 55.5 Å². The summed E-state index contributed by atoms with van der Waals surface area (Å²) in [4.78, 5) is 28.4. The summed E-state index contributed by atoms with van der Waals surface area (Å²) in [6.45, 7) is 7.15. The summed E-state index contributed by atoms with van der Waals surface area (Å²) in [7, 11) is -3.80. The Morgan fingerprint density at radius 1 is 1.00 bits per heavy atom. The zero-order valence-electron chi connectivity index (χ0n) is 21.4. The second kappa shape index (κ2) is 13.3. The average Bonchev–Trinajstić information content (AvgIpc) is 2.82. The molecule has 2 aromatic carbocycles. The largest absolute Gasteiger partial charge is 0.352 e. The lowest BCUT2D eigenvalue weighted by Gasteiger charge is -2.34. The van der Waals surface area contributed by atoms with Crippen LogP contribution in [0.5, 0.6) is 0 Å². The number of nitrogens with one attached hydrogen (secondary N) is 1. The normalized spacial score (nSPS) is 13.1. The van der Waals surface area contributed by atoms with Gasteiger partial charge in [0.25, 0.3) is 0 Å². The third-order valence-electron chi connectivity index (χ3n) is 6.06. The molecule has 0 aliphatic carbocycles. The molecule has 2 amide bonds. The number of amides is 2. The highest BCUT2D eigenvalue weighted by molar-refractivity contribution is 7.92. The molecule has 198 valence electrons. The van der Waals surface area contributed by atoms with Gasteiger partial charge in [-0.3, -0.25) is 13.9 Å². The van der Waals surface area contributed by atoms with Crippen molar-refractivity contribution in [3.8, 4) is 0 Å². The Bertz CT molecular complexity index is 1170. The zero-order chi connectivity index (χ0) is 27.0. The van der Waals surface area contributed by atoms with Gasteiger partial charge in [-0.2, -0.15) is 0 Å². The van der Waals surface area contributed by atoms with Gasteiger partial charge in [-0.1, -0.05) is 68.2 Å². The maximum absolute atomic E-state index is 13.8. The Kier molecular flexibility index (Phi) is 11.1. The SMILES string of the molecule is CCc1ccccc1N(CC(=O)N(Cc1ccc(Cl)cc1Cl)C(CC)C(=O)NC(C)CC)S(C)(=O)=O. The van der Waals surface area contributed by atoms with E-state index in [1.165, 1.54) is 4.90 Å². The van der Waals surface area contributed by atoms with Crippen molar-refractivity contribution in [1.82, 2.24) is 10.2 Å². The lowest BCUT2D eigenvalue weighted by atomic mass is 10.1. The van der Waals surface area contributed by atoms with Crippen molar-refractivity contribution in [3.05, 3.63) is 63.6 Å². The summed E-state index contributed by atoms with van der Waals surface area (Å²) in [5, 5.41) is 3.74. The van der Waals surface area contributed by atoms with Gasteiger partial charge in [-0.25, -0.2) is 8.42 Å². The second-order valence-electron chi connectivity index (χ2n) is 8.75. The van der Waals surface area contributed by atoms with E-state index >= 15 is 0 Å². The molecule has 0 fully saturated rings. The first kappa shape index (κ1) is 29.9. The van der Waals surface area contributed by atoms with E-state index < -0.39 is 28.5 Å². The predicted molar refractivity (Wildman–Crippen MR) is 147 cm³/mol. The van der Waals surface area contributed by atoms with Gasteiger partial charge in [0, 0.05) is 22.6 Å². The van der Waals surface area contributed by atoms with Crippen LogP contribution < -0.4 is 9.62 Å². The van der Waals surface area contributed by atoms with Crippen LogP contribution in [0, 0.1) is 0 Å². The van der Waals surface area contributed by atoms with Crippen LogP contribution in [0.25, 0.3) is 0 Å². The number of benzene rings is 2. The fraction of sp³-hybridized carbons (Fsp3) is 0.462. The topological polar surface area (TPSA) is 86.8 Å². The molecule has 2 aromatic rings. The molecule has 7 nitrogen and oxygen atoms in total. The number of halogens is 2. The zero-order valence-corrected chi connectivity index (χ0v) is 23.8. The van der Waals surface area contributed by atoms with Crippen molar-refractivity contribution < 1.29 is 18.0 Å². The molecule has 2 atom stereocenters. The van der Waals surface area contributed by atoms with Crippen molar-refractivity contribution in [3.63, 3.8) is 0 Å². The minimum atomic E-state index is -3.80. The molecule has 0 saturated carbocycles. The van der Waals surface area contributed by atoms with E-state index in [1.807, 2.05) is 39.8 Å². The van der Waals surface area contributed by atoms with Crippen LogP contribution in [0.2, 0.25) is 10.0 Å². The first-order valence-corrected chi connectivity index (χ1v) is 14.6. The maximum Gasteiger partial charge on any atom is 0.244 e. The van der Waals surface area contributed by atoms with E-state index in [0.29, 0.717) is 34.1 Å². The number of anilines is 1. The highest BCUT2D eigenvalue weighted by Crippen LogP contribution is 2.26. The first-order valence-electron chi connectivity index (χ1n) is 12.0. The van der Waals surface area contributed by atoms with Crippen LogP contribution in [0.3, 0.4) is 0 Å². The molecule has 0 aliphatic rings. The molecule has 0 radical (unpaired) electrons. The van der Waals surface area contributed by atoms with Crippen molar-refractivity contribution in [2.24, 2.45) is 0 Å². The number of rotatable bonds is 12. The van der Waals surface area contributed by atoms with Gasteiger partial charge < -0.3 is 10.2 Å². The summed E-state index contributed by atoms with van der Waals surface area (Å²) in [6, 6.07) is 11.1. The molecule has 0 aliphatic heterocycles. The van der Waals surface area contributed by atoms with Crippen molar-refractivity contribution in [2.45, 2.75) is 65.6 Å². The van der Waals surface area contributed by atoms with Crippen LogP contribution in [0.1, 0.15) is 51.7 Å². The van der Waals surface area contributed by atoms with Gasteiger partial charge in [0.1, 0.15) is 12.6 Å². The molecule has 0 spiro atoms. The lowest BCUT2D eigenvalue weighted by molar-refractivity contribution is -0.140. The van der Waals surface area contributed by atoms with Crippen LogP contribution in [-0.2, 0) is 32.6 Å². The summed E-state index contributed by atoms with van der Waals surface area (Å²) in [6.07, 6.45) is 2.73. The Balaban J connectivity index is 2.51. The van der Waals surface area contributed by atoms with Gasteiger partial charge >= 0.3 is 0 Å². The Morgan fingerprint density at radius 3 is 2.22 bits per heavy atom. The number of para-hydroxylation sites is 1. The van der Waals surface area contributed by atoms with Gasteiger partial charge in [0.2, 0.25) is 21.8 Å². The number of hydrogen-bond acceptors (Lipinski definition) is 4. The van der Waals surface area contributed by atoms with Crippen molar-refractivity contribution in [1.29, 1.82) is 0 Å². The van der Waals surface area contributed by atoms with E-state index in [-0.39, 0.29) is 18.5 Å². The standard InChI is InChI=1S/C26H35Cl2N3O4S/c1-6-18(4)29-26(33)23(8-3)30(16-20-13-14-21(27)15-22(20)28)25(32)17-31(36(5,34)35)24-12-10-9-11-19(24)7-2/h9-15,18,23H,6-8,16-17H2,1-5H3,(H,29,33). The van der Waals surface area contributed by atoms with Crippen LogP contribution >= 0.6 is 23.2 Å². The fourth-order valence-corrected chi connectivity index (χ4v) is 5.19. The number of carbonyl (C=O) groups excluding carboxylic acids is 2. The summed E-state index contributed by atoms with van der Waals surface area (Å²) >= 11 is 12.4. The Hall–Kier alpha value is -2.29. The van der Waals surface area contributed by atoms with E-state index in [4.69, 9.17) is 23.2 Å². The highest BCUT2D eigenvalue weighted by Gasteiger charge is 2.32.